The molecule has 1 unspecified atom stereocenters. The first-order valence-corrected chi connectivity index (χ1v) is 6.23. The van der Waals surface area contributed by atoms with Crippen LogP contribution >= 0.6 is 0 Å². The third kappa shape index (κ3) is 6.06. The smallest absolute Gasteiger partial charge is 0.305 e. The van der Waals surface area contributed by atoms with Gasteiger partial charge < -0.3 is 14.6 Å². The maximum Gasteiger partial charge on any atom is 0.305 e. The minimum Gasteiger partial charge on any atom is -0.497 e. The van der Waals surface area contributed by atoms with Gasteiger partial charge >= 0.3 is 5.97 Å². The summed E-state index contributed by atoms with van der Waals surface area (Å²) < 4.78 is 10.7. The molecule has 4 nitrogen and oxygen atoms in total. The van der Waals surface area contributed by atoms with Crippen LogP contribution in [0.5, 0.6) is 5.75 Å². The molecule has 0 bridgehead atoms. The molecule has 1 atom stereocenters. The summed E-state index contributed by atoms with van der Waals surface area (Å²) in [6, 6.07) is 7.53. The first kappa shape index (κ1) is 15.2. The molecule has 104 valence electrons. The van der Waals surface area contributed by atoms with E-state index in [4.69, 9.17) is 14.6 Å². The van der Waals surface area contributed by atoms with Crippen LogP contribution in [0, 0.1) is 0 Å². The zero-order valence-corrected chi connectivity index (χ0v) is 11.2. The van der Waals surface area contributed by atoms with Gasteiger partial charge in [-0.2, -0.15) is 0 Å². The molecule has 0 radical (unpaired) electrons. The average molecular weight is 264 g/mol. The number of aliphatic carboxylic acids is 1. The minimum absolute atomic E-state index is 0.0179. The van der Waals surface area contributed by atoms with Gasteiger partial charge in [0, 0.05) is 0 Å². The van der Waals surface area contributed by atoms with Crippen molar-refractivity contribution in [1.82, 2.24) is 0 Å². The van der Waals surface area contributed by atoms with Crippen molar-refractivity contribution < 1.29 is 19.4 Å². The van der Waals surface area contributed by atoms with Crippen molar-refractivity contribution in [2.75, 3.05) is 7.11 Å². The fourth-order valence-electron chi connectivity index (χ4n) is 1.68. The number of methoxy groups -OCH3 is 1. The van der Waals surface area contributed by atoms with Crippen LogP contribution in [-0.2, 0) is 16.1 Å². The van der Waals surface area contributed by atoms with Crippen LogP contribution < -0.4 is 4.74 Å². The molecule has 1 aromatic carbocycles. The summed E-state index contributed by atoms with van der Waals surface area (Å²) in [5.74, 6) is -0.0544. The molecule has 0 aliphatic rings. The van der Waals surface area contributed by atoms with Crippen molar-refractivity contribution in [3.63, 3.8) is 0 Å². The molecule has 1 N–H and O–H groups in total. The highest BCUT2D eigenvalue weighted by Crippen LogP contribution is 2.15. The second-order valence-electron chi connectivity index (χ2n) is 4.24. The summed E-state index contributed by atoms with van der Waals surface area (Å²) in [4.78, 5) is 10.7. The Kier molecular flexibility index (Phi) is 6.68. The molecule has 0 aliphatic heterocycles. The molecule has 0 heterocycles. The number of carboxylic acids is 1. The predicted octanol–water partition coefficient (Wildman–Crippen LogP) is 3.02. The summed E-state index contributed by atoms with van der Waals surface area (Å²) >= 11 is 0. The van der Waals surface area contributed by atoms with Crippen molar-refractivity contribution >= 4 is 5.97 Å². The zero-order chi connectivity index (χ0) is 14.1. The first-order valence-electron chi connectivity index (χ1n) is 6.23. The zero-order valence-electron chi connectivity index (χ0n) is 11.2. The van der Waals surface area contributed by atoms with Crippen molar-refractivity contribution in [3.05, 3.63) is 42.5 Å². The topological polar surface area (TPSA) is 55.8 Å². The Hall–Kier alpha value is -1.81. The lowest BCUT2D eigenvalue weighted by Crippen LogP contribution is -2.17. The van der Waals surface area contributed by atoms with Crippen LogP contribution in [0.15, 0.2) is 36.9 Å². The SMILES string of the molecule is C=CCCC(CC(=O)O)OCc1ccc(OC)cc1. The van der Waals surface area contributed by atoms with Crippen LogP contribution in [0.4, 0.5) is 0 Å². The van der Waals surface area contributed by atoms with Gasteiger partial charge in [0.25, 0.3) is 0 Å². The van der Waals surface area contributed by atoms with E-state index in [-0.39, 0.29) is 12.5 Å². The van der Waals surface area contributed by atoms with Crippen molar-refractivity contribution in [1.29, 1.82) is 0 Å². The maximum atomic E-state index is 10.7. The monoisotopic (exact) mass is 264 g/mol. The van der Waals surface area contributed by atoms with E-state index in [1.54, 1.807) is 13.2 Å². The van der Waals surface area contributed by atoms with E-state index in [0.717, 1.165) is 17.7 Å². The van der Waals surface area contributed by atoms with Gasteiger partial charge in [-0.3, -0.25) is 4.79 Å². The predicted molar refractivity (Wildman–Crippen MR) is 73.3 cm³/mol. The molecule has 0 amide bonds. The van der Waals surface area contributed by atoms with Crippen molar-refractivity contribution in [2.45, 2.75) is 32.0 Å². The minimum atomic E-state index is -0.844. The van der Waals surface area contributed by atoms with E-state index in [9.17, 15) is 4.79 Å². The lowest BCUT2D eigenvalue weighted by molar-refractivity contribution is -0.140. The number of hydrogen-bond acceptors (Lipinski definition) is 3. The van der Waals surface area contributed by atoms with Gasteiger partial charge in [0.2, 0.25) is 0 Å². The molecule has 0 aromatic heterocycles. The van der Waals surface area contributed by atoms with Crippen LogP contribution in [0.25, 0.3) is 0 Å². The van der Waals surface area contributed by atoms with Gasteiger partial charge in [0.05, 0.1) is 26.2 Å². The Labute approximate surface area is 113 Å². The summed E-state index contributed by atoms with van der Waals surface area (Å²) in [7, 11) is 1.61. The molecule has 1 aromatic rings. The largest absolute Gasteiger partial charge is 0.497 e. The highest BCUT2D eigenvalue weighted by Gasteiger charge is 2.13. The molecule has 19 heavy (non-hydrogen) atoms. The van der Waals surface area contributed by atoms with Crippen LogP contribution in [0.2, 0.25) is 0 Å². The molecule has 0 saturated heterocycles. The molecule has 0 aliphatic carbocycles. The van der Waals surface area contributed by atoms with E-state index < -0.39 is 5.97 Å². The highest BCUT2D eigenvalue weighted by molar-refractivity contribution is 5.67. The molecule has 4 heteroatoms. The first-order chi connectivity index (χ1) is 9.15. The summed E-state index contributed by atoms with van der Waals surface area (Å²) in [5, 5.41) is 8.83. The highest BCUT2D eigenvalue weighted by atomic mass is 16.5. The number of rotatable bonds is 9. The molecule has 0 saturated carbocycles. The van der Waals surface area contributed by atoms with Crippen molar-refractivity contribution in [2.24, 2.45) is 0 Å². The lowest BCUT2D eigenvalue weighted by atomic mass is 10.1. The van der Waals surface area contributed by atoms with Gasteiger partial charge in [-0.1, -0.05) is 18.2 Å². The maximum absolute atomic E-state index is 10.7. The quantitative estimate of drug-likeness (QED) is 0.696. The Morgan fingerprint density at radius 1 is 1.42 bits per heavy atom. The number of allylic oxidation sites excluding steroid dienone is 1. The number of carbonyl (C=O) groups is 1. The van der Waals surface area contributed by atoms with E-state index >= 15 is 0 Å². The van der Waals surface area contributed by atoms with Gasteiger partial charge in [0.15, 0.2) is 0 Å². The van der Waals surface area contributed by atoms with E-state index in [2.05, 4.69) is 6.58 Å². The van der Waals surface area contributed by atoms with Crippen LogP contribution in [0.1, 0.15) is 24.8 Å². The standard InChI is InChI=1S/C15H20O4/c1-3-4-5-14(10-15(16)17)19-11-12-6-8-13(18-2)9-7-12/h3,6-9,14H,1,4-5,10-11H2,2H3,(H,16,17). The normalized spacial score (nSPS) is 11.8. The van der Waals surface area contributed by atoms with Gasteiger partial charge in [-0.05, 0) is 30.5 Å². The molecule has 1 rings (SSSR count). The number of benzene rings is 1. The Balaban J connectivity index is 2.48. The molecular formula is C15H20O4. The fourth-order valence-corrected chi connectivity index (χ4v) is 1.68. The number of hydrogen-bond donors (Lipinski definition) is 1. The summed E-state index contributed by atoms with van der Waals surface area (Å²) in [6.07, 6.45) is 2.93. The molecular weight excluding hydrogens is 244 g/mol. The Bertz CT molecular complexity index is 397. The van der Waals surface area contributed by atoms with Gasteiger partial charge in [0.1, 0.15) is 5.75 Å². The second kappa shape index (κ2) is 8.32. The average Bonchev–Trinajstić information content (AvgIpc) is 2.42. The third-order valence-corrected chi connectivity index (χ3v) is 2.74. The summed E-state index contributed by atoms with van der Waals surface area (Å²) in [6.45, 7) is 4.03. The van der Waals surface area contributed by atoms with E-state index in [0.29, 0.717) is 13.0 Å². The lowest BCUT2D eigenvalue weighted by Gasteiger charge is -2.15. The van der Waals surface area contributed by atoms with Gasteiger partial charge in [-0.25, -0.2) is 0 Å². The van der Waals surface area contributed by atoms with Crippen LogP contribution in [0.3, 0.4) is 0 Å². The van der Waals surface area contributed by atoms with E-state index in [1.165, 1.54) is 0 Å². The Morgan fingerprint density at radius 3 is 2.63 bits per heavy atom. The summed E-state index contributed by atoms with van der Waals surface area (Å²) in [5.41, 5.74) is 0.995. The van der Waals surface area contributed by atoms with Crippen LogP contribution in [-0.4, -0.2) is 24.3 Å². The molecule has 0 fully saturated rings. The fraction of sp³-hybridized carbons (Fsp3) is 0.400. The van der Waals surface area contributed by atoms with E-state index in [1.807, 2.05) is 24.3 Å². The molecule has 0 spiro atoms. The second-order valence-corrected chi connectivity index (χ2v) is 4.24. The third-order valence-electron chi connectivity index (χ3n) is 2.74. The van der Waals surface area contributed by atoms with Gasteiger partial charge in [-0.15, -0.1) is 6.58 Å². The Morgan fingerprint density at radius 2 is 2.11 bits per heavy atom. The number of ether oxygens (including phenoxy) is 2. The number of carboxylic acid groups (broad SMARTS) is 1. The van der Waals surface area contributed by atoms with Crippen molar-refractivity contribution in [3.8, 4) is 5.75 Å².